The van der Waals surface area contributed by atoms with Crippen LogP contribution in [0.15, 0.2) is 12.1 Å². The molecule has 0 atom stereocenters. The van der Waals surface area contributed by atoms with E-state index in [1.165, 1.54) is 0 Å². The number of rotatable bonds is 6. The van der Waals surface area contributed by atoms with Crippen molar-refractivity contribution in [2.24, 2.45) is 10.8 Å². The lowest BCUT2D eigenvalue weighted by Crippen LogP contribution is -2.54. The van der Waals surface area contributed by atoms with Crippen LogP contribution < -0.4 is 0 Å². The van der Waals surface area contributed by atoms with Gasteiger partial charge in [-0.3, -0.25) is 4.79 Å². The lowest BCUT2D eigenvalue weighted by atomic mass is 9.83. The first-order valence-corrected chi connectivity index (χ1v) is 11.8. The van der Waals surface area contributed by atoms with E-state index in [-0.39, 0.29) is 36.1 Å². The number of hydrogen-bond donors (Lipinski definition) is 1. The molecule has 0 unspecified atom stereocenters. The molecular weight excluding hydrogens is 424 g/mol. The standard InChI is InChI=1S/C26H40O7/c1-17-10-19(11-20(22(17)28)24(3,4)5)8-9-21(27)31-12-25(6,7)23-32-15-26(16-33-23)13-29-18(2)30-14-26/h10-11,18,23,28H,8-9,12-16H2,1-7H3. The van der Waals surface area contributed by atoms with Crippen LogP contribution >= 0.6 is 0 Å². The van der Waals surface area contributed by atoms with Crippen molar-refractivity contribution in [3.05, 3.63) is 28.8 Å². The third-order valence-electron chi connectivity index (χ3n) is 6.36. The van der Waals surface area contributed by atoms with E-state index in [0.717, 1.165) is 16.7 Å². The molecule has 0 amide bonds. The van der Waals surface area contributed by atoms with Gasteiger partial charge in [-0.05, 0) is 42.4 Å². The Morgan fingerprint density at radius 1 is 1.06 bits per heavy atom. The summed E-state index contributed by atoms with van der Waals surface area (Å²) in [4.78, 5) is 12.5. The Bertz CT molecular complexity index is 822. The number of benzene rings is 1. The Hall–Kier alpha value is -1.67. The molecule has 1 aromatic carbocycles. The zero-order chi connectivity index (χ0) is 24.4. The third kappa shape index (κ3) is 6.47. The van der Waals surface area contributed by atoms with Crippen LogP contribution in [0, 0.1) is 17.8 Å². The molecule has 7 nitrogen and oxygen atoms in total. The second kappa shape index (κ2) is 9.90. The SMILES string of the molecule is Cc1cc(CCC(=O)OCC(C)(C)C2OCC3(COC(C)OC3)CO2)cc(C(C)(C)C)c1O. The molecule has 0 aromatic heterocycles. The number of aryl methyl sites for hydroxylation is 2. The van der Waals surface area contributed by atoms with Gasteiger partial charge in [0, 0.05) is 11.8 Å². The Labute approximate surface area is 197 Å². The van der Waals surface area contributed by atoms with Gasteiger partial charge in [0.05, 0.1) is 31.8 Å². The summed E-state index contributed by atoms with van der Waals surface area (Å²) in [6.45, 7) is 16.2. The average molecular weight is 465 g/mol. The van der Waals surface area contributed by atoms with E-state index in [4.69, 9.17) is 23.7 Å². The van der Waals surface area contributed by atoms with Crippen molar-refractivity contribution in [3.63, 3.8) is 0 Å². The Morgan fingerprint density at radius 3 is 2.21 bits per heavy atom. The van der Waals surface area contributed by atoms with Crippen LogP contribution in [0.1, 0.15) is 64.7 Å². The Kier molecular flexibility index (Phi) is 7.79. The molecular formula is C26H40O7. The number of carbonyl (C=O) groups excluding carboxylic acids is 1. The van der Waals surface area contributed by atoms with Crippen molar-refractivity contribution in [1.82, 2.24) is 0 Å². The van der Waals surface area contributed by atoms with Crippen molar-refractivity contribution in [2.75, 3.05) is 33.0 Å². The van der Waals surface area contributed by atoms with Gasteiger partial charge in [-0.15, -0.1) is 0 Å². The summed E-state index contributed by atoms with van der Waals surface area (Å²) in [6.07, 6.45) is 0.159. The van der Waals surface area contributed by atoms with Crippen LogP contribution in [-0.4, -0.2) is 56.7 Å². The van der Waals surface area contributed by atoms with E-state index in [2.05, 4.69) is 20.8 Å². The fraction of sp³-hybridized carbons (Fsp3) is 0.731. The van der Waals surface area contributed by atoms with Crippen molar-refractivity contribution in [1.29, 1.82) is 0 Å². The second-order valence-electron chi connectivity index (χ2n) is 11.4. The summed E-state index contributed by atoms with van der Waals surface area (Å²) in [5, 5.41) is 10.4. The molecule has 2 heterocycles. The van der Waals surface area contributed by atoms with Crippen LogP contribution in [0.25, 0.3) is 0 Å². The molecule has 0 radical (unpaired) electrons. The van der Waals surface area contributed by atoms with Gasteiger partial charge in [0.25, 0.3) is 0 Å². The number of hydrogen-bond acceptors (Lipinski definition) is 7. The van der Waals surface area contributed by atoms with Gasteiger partial charge in [-0.1, -0.05) is 46.8 Å². The van der Waals surface area contributed by atoms with Crippen molar-refractivity contribution in [3.8, 4) is 5.75 Å². The van der Waals surface area contributed by atoms with Gasteiger partial charge in [-0.25, -0.2) is 0 Å². The van der Waals surface area contributed by atoms with Crippen LogP contribution in [0.3, 0.4) is 0 Å². The number of phenols is 1. The van der Waals surface area contributed by atoms with Crippen molar-refractivity contribution in [2.45, 2.75) is 79.3 Å². The molecule has 186 valence electrons. The van der Waals surface area contributed by atoms with E-state index < -0.39 is 11.7 Å². The van der Waals surface area contributed by atoms with Gasteiger partial charge in [0.2, 0.25) is 0 Å². The highest BCUT2D eigenvalue weighted by atomic mass is 16.7. The molecule has 0 saturated carbocycles. The van der Waals surface area contributed by atoms with Crippen LogP contribution in [0.5, 0.6) is 5.75 Å². The molecule has 2 aliphatic heterocycles. The lowest BCUT2D eigenvalue weighted by molar-refractivity contribution is -0.320. The number of ether oxygens (including phenoxy) is 5. The number of carbonyl (C=O) groups is 1. The van der Waals surface area contributed by atoms with E-state index >= 15 is 0 Å². The zero-order valence-electron chi connectivity index (χ0n) is 21.2. The fourth-order valence-electron chi connectivity index (χ4n) is 4.11. The topological polar surface area (TPSA) is 83.5 Å². The minimum Gasteiger partial charge on any atom is -0.507 e. The molecule has 2 aliphatic rings. The normalized spacial score (nSPS) is 26.4. The predicted octanol–water partition coefficient (Wildman–Crippen LogP) is 4.25. The predicted molar refractivity (Wildman–Crippen MR) is 124 cm³/mol. The van der Waals surface area contributed by atoms with Crippen LogP contribution in [0.2, 0.25) is 0 Å². The first-order valence-electron chi connectivity index (χ1n) is 11.8. The fourth-order valence-corrected chi connectivity index (χ4v) is 4.11. The molecule has 2 saturated heterocycles. The van der Waals surface area contributed by atoms with Gasteiger partial charge in [0.1, 0.15) is 12.4 Å². The monoisotopic (exact) mass is 464 g/mol. The van der Waals surface area contributed by atoms with Crippen LogP contribution in [-0.2, 0) is 40.3 Å². The summed E-state index contributed by atoms with van der Waals surface area (Å²) in [7, 11) is 0. The summed E-state index contributed by atoms with van der Waals surface area (Å²) in [5.74, 6) is 0.0622. The van der Waals surface area contributed by atoms with Crippen molar-refractivity contribution >= 4 is 5.97 Å². The molecule has 2 fully saturated rings. The molecule has 3 rings (SSSR count). The molecule has 7 heteroatoms. The summed E-state index contributed by atoms with van der Waals surface area (Å²) < 4.78 is 28.8. The molecule has 1 N–H and O–H groups in total. The third-order valence-corrected chi connectivity index (χ3v) is 6.36. The lowest BCUT2D eigenvalue weighted by Gasteiger charge is -2.46. The summed E-state index contributed by atoms with van der Waals surface area (Å²) >= 11 is 0. The summed E-state index contributed by atoms with van der Waals surface area (Å²) in [6, 6.07) is 3.92. The molecule has 0 bridgehead atoms. The maximum Gasteiger partial charge on any atom is 0.306 e. The van der Waals surface area contributed by atoms with Gasteiger partial charge < -0.3 is 28.8 Å². The van der Waals surface area contributed by atoms with Crippen LogP contribution in [0.4, 0.5) is 0 Å². The molecule has 33 heavy (non-hydrogen) atoms. The second-order valence-corrected chi connectivity index (χ2v) is 11.4. The molecule has 1 aromatic rings. The maximum atomic E-state index is 12.5. The van der Waals surface area contributed by atoms with E-state index in [1.807, 2.05) is 39.8 Å². The Balaban J connectivity index is 1.48. The number of aromatic hydroxyl groups is 1. The maximum absolute atomic E-state index is 12.5. The zero-order valence-corrected chi connectivity index (χ0v) is 21.2. The highest BCUT2D eigenvalue weighted by Crippen LogP contribution is 2.36. The van der Waals surface area contributed by atoms with E-state index in [0.29, 0.717) is 38.6 Å². The highest BCUT2D eigenvalue weighted by Gasteiger charge is 2.45. The smallest absolute Gasteiger partial charge is 0.306 e. The quantitative estimate of drug-likeness (QED) is 0.630. The summed E-state index contributed by atoms with van der Waals surface area (Å²) in [5.41, 5.74) is 1.78. The first kappa shape index (κ1) is 25.9. The van der Waals surface area contributed by atoms with Gasteiger partial charge in [0.15, 0.2) is 12.6 Å². The van der Waals surface area contributed by atoms with Gasteiger partial charge in [-0.2, -0.15) is 0 Å². The van der Waals surface area contributed by atoms with Gasteiger partial charge >= 0.3 is 5.97 Å². The number of phenolic OH excluding ortho intramolecular Hbond substituents is 1. The minimum atomic E-state index is -0.491. The van der Waals surface area contributed by atoms with E-state index in [9.17, 15) is 9.90 Å². The number of esters is 1. The van der Waals surface area contributed by atoms with Crippen molar-refractivity contribution < 1.29 is 33.6 Å². The van der Waals surface area contributed by atoms with E-state index in [1.54, 1.807) is 0 Å². The Morgan fingerprint density at radius 2 is 1.64 bits per heavy atom. The first-order chi connectivity index (χ1) is 15.3. The largest absolute Gasteiger partial charge is 0.507 e. The minimum absolute atomic E-state index is 0.178. The highest BCUT2D eigenvalue weighted by molar-refractivity contribution is 5.69. The average Bonchev–Trinajstić information content (AvgIpc) is 2.75. The molecule has 0 aliphatic carbocycles. The molecule has 1 spiro atoms.